The van der Waals surface area contributed by atoms with Gasteiger partial charge in [-0.25, -0.2) is 8.42 Å². The van der Waals surface area contributed by atoms with Crippen molar-refractivity contribution < 1.29 is 8.42 Å². The minimum Gasteiger partial charge on any atom is -0.313 e. The standard InChI is InChI=1S/C15H19N3O2S/c1-11-10-17-9-8-15(11)18-21(19,20)14-6-4-13(5-7-14)12(2)16-3/h4-10,12,16H,1-3H3,(H,17,18). The monoisotopic (exact) mass is 305 g/mol. The van der Waals surface area contributed by atoms with Gasteiger partial charge in [0.2, 0.25) is 0 Å². The summed E-state index contributed by atoms with van der Waals surface area (Å²) in [5, 5.41) is 3.11. The first kappa shape index (κ1) is 15.5. The highest BCUT2D eigenvalue weighted by Crippen LogP contribution is 2.20. The van der Waals surface area contributed by atoms with E-state index >= 15 is 0 Å². The smallest absolute Gasteiger partial charge is 0.261 e. The van der Waals surface area contributed by atoms with Gasteiger partial charge in [-0.2, -0.15) is 0 Å². The zero-order chi connectivity index (χ0) is 15.5. The van der Waals surface area contributed by atoms with Crippen LogP contribution < -0.4 is 10.0 Å². The Bertz CT molecular complexity index is 712. The molecule has 0 saturated heterocycles. The molecule has 2 aromatic rings. The van der Waals surface area contributed by atoms with Gasteiger partial charge in [0.05, 0.1) is 10.6 Å². The maximum absolute atomic E-state index is 12.4. The van der Waals surface area contributed by atoms with Crippen LogP contribution in [0.4, 0.5) is 5.69 Å². The normalized spacial score (nSPS) is 12.9. The Morgan fingerprint density at radius 2 is 1.81 bits per heavy atom. The number of rotatable bonds is 5. The Labute approximate surface area is 125 Å². The maximum atomic E-state index is 12.4. The van der Waals surface area contributed by atoms with E-state index < -0.39 is 10.0 Å². The molecule has 1 atom stereocenters. The molecule has 0 amide bonds. The summed E-state index contributed by atoms with van der Waals surface area (Å²) in [6.07, 6.45) is 3.18. The number of aromatic nitrogens is 1. The van der Waals surface area contributed by atoms with Gasteiger partial charge >= 0.3 is 0 Å². The van der Waals surface area contributed by atoms with E-state index in [1.54, 1.807) is 30.6 Å². The van der Waals surface area contributed by atoms with Crippen molar-refractivity contribution in [3.05, 3.63) is 53.9 Å². The summed E-state index contributed by atoms with van der Waals surface area (Å²) in [4.78, 5) is 4.19. The van der Waals surface area contributed by atoms with Gasteiger partial charge in [0.25, 0.3) is 10.0 Å². The summed E-state index contributed by atoms with van der Waals surface area (Å²) in [5.41, 5.74) is 2.36. The van der Waals surface area contributed by atoms with Crippen LogP contribution in [0, 0.1) is 6.92 Å². The highest BCUT2D eigenvalue weighted by Gasteiger charge is 2.15. The Morgan fingerprint density at radius 1 is 1.14 bits per heavy atom. The van der Waals surface area contributed by atoms with Crippen molar-refractivity contribution >= 4 is 15.7 Å². The zero-order valence-electron chi connectivity index (χ0n) is 12.3. The fourth-order valence-corrected chi connectivity index (χ4v) is 3.02. The molecule has 1 aromatic heterocycles. The lowest BCUT2D eigenvalue weighted by atomic mass is 10.1. The van der Waals surface area contributed by atoms with Crippen molar-refractivity contribution in [2.75, 3.05) is 11.8 Å². The van der Waals surface area contributed by atoms with Crippen molar-refractivity contribution in [2.45, 2.75) is 24.8 Å². The molecule has 1 unspecified atom stereocenters. The van der Waals surface area contributed by atoms with Gasteiger partial charge in [0.15, 0.2) is 0 Å². The van der Waals surface area contributed by atoms with E-state index in [1.807, 2.05) is 33.0 Å². The Hall–Kier alpha value is -1.92. The van der Waals surface area contributed by atoms with Gasteiger partial charge < -0.3 is 5.32 Å². The first-order valence-electron chi connectivity index (χ1n) is 6.64. The first-order chi connectivity index (χ1) is 9.94. The lowest BCUT2D eigenvalue weighted by Gasteiger charge is -2.13. The summed E-state index contributed by atoms with van der Waals surface area (Å²) in [6.45, 7) is 3.82. The number of anilines is 1. The van der Waals surface area contributed by atoms with E-state index in [0.29, 0.717) is 5.69 Å². The Balaban J connectivity index is 2.26. The van der Waals surface area contributed by atoms with Crippen LogP contribution >= 0.6 is 0 Å². The number of pyridine rings is 1. The fraction of sp³-hybridized carbons (Fsp3) is 0.267. The summed E-state index contributed by atoms with van der Waals surface area (Å²) in [6, 6.07) is 8.68. The molecule has 0 saturated carbocycles. The predicted molar refractivity (Wildman–Crippen MR) is 83.7 cm³/mol. The molecular weight excluding hydrogens is 286 g/mol. The number of sulfonamides is 1. The van der Waals surface area contributed by atoms with Crippen LogP contribution in [-0.2, 0) is 10.0 Å². The zero-order valence-corrected chi connectivity index (χ0v) is 13.1. The minimum atomic E-state index is -3.58. The number of aryl methyl sites for hydroxylation is 1. The number of hydrogen-bond donors (Lipinski definition) is 2. The molecule has 6 heteroatoms. The molecule has 1 aromatic carbocycles. The van der Waals surface area contributed by atoms with Gasteiger partial charge in [-0.1, -0.05) is 12.1 Å². The molecule has 5 nitrogen and oxygen atoms in total. The van der Waals surface area contributed by atoms with E-state index in [1.165, 1.54) is 0 Å². The molecule has 0 aliphatic carbocycles. The van der Waals surface area contributed by atoms with Crippen LogP contribution in [0.5, 0.6) is 0 Å². The first-order valence-corrected chi connectivity index (χ1v) is 8.13. The van der Waals surface area contributed by atoms with Gasteiger partial charge in [-0.3, -0.25) is 9.71 Å². The van der Waals surface area contributed by atoms with E-state index in [4.69, 9.17) is 0 Å². The van der Waals surface area contributed by atoms with Crippen LogP contribution in [0.2, 0.25) is 0 Å². The van der Waals surface area contributed by atoms with Crippen LogP contribution in [0.25, 0.3) is 0 Å². The number of hydrogen-bond acceptors (Lipinski definition) is 4. The van der Waals surface area contributed by atoms with Gasteiger partial charge in [0, 0.05) is 18.4 Å². The lowest BCUT2D eigenvalue weighted by molar-refractivity contribution is 0.600. The van der Waals surface area contributed by atoms with Crippen LogP contribution in [0.1, 0.15) is 24.1 Å². The Kier molecular flexibility index (Phi) is 4.59. The average Bonchev–Trinajstić information content (AvgIpc) is 2.49. The predicted octanol–water partition coefficient (Wildman–Crippen LogP) is 2.47. The van der Waals surface area contributed by atoms with Crippen LogP contribution in [0.3, 0.4) is 0 Å². The average molecular weight is 305 g/mol. The third kappa shape index (κ3) is 3.59. The lowest BCUT2D eigenvalue weighted by Crippen LogP contribution is -2.15. The molecule has 0 fully saturated rings. The Morgan fingerprint density at radius 3 is 2.38 bits per heavy atom. The third-order valence-corrected chi connectivity index (χ3v) is 4.77. The van der Waals surface area contributed by atoms with Crippen LogP contribution in [0.15, 0.2) is 47.6 Å². The highest BCUT2D eigenvalue weighted by atomic mass is 32.2. The third-order valence-electron chi connectivity index (χ3n) is 3.39. The van der Waals surface area contributed by atoms with Crippen molar-refractivity contribution in [1.29, 1.82) is 0 Å². The molecule has 0 spiro atoms. The van der Waals surface area contributed by atoms with Crippen molar-refractivity contribution in [2.24, 2.45) is 0 Å². The molecule has 2 N–H and O–H groups in total. The van der Waals surface area contributed by atoms with Crippen molar-refractivity contribution in [1.82, 2.24) is 10.3 Å². The quantitative estimate of drug-likeness (QED) is 0.890. The highest BCUT2D eigenvalue weighted by molar-refractivity contribution is 7.92. The molecule has 21 heavy (non-hydrogen) atoms. The molecule has 0 aliphatic rings. The minimum absolute atomic E-state index is 0.178. The van der Waals surface area contributed by atoms with E-state index in [9.17, 15) is 8.42 Å². The molecule has 0 radical (unpaired) electrons. The van der Waals surface area contributed by atoms with Gasteiger partial charge in [0.1, 0.15) is 0 Å². The number of nitrogens with zero attached hydrogens (tertiary/aromatic N) is 1. The summed E-state index contributed by atoms with van der Waals surface area (Å²) < 4.78 is 27.3. The SMILES string of the molecule is CNC(C)c1ccc(S(=O)(=O)Nc2ccncc2C)cc1. The molecule has 2 rings (SSSR count). The molecule has 0 bridgehead atoms. The molecular formula is C15H19N3O2S. The topological polar surface area (TPSA) is 71.1 Å². The number of benzene rings is 1. The summed E-state index contributed by atoms with van der Waals surface area (Å²) in [7, 11) is -1.72. The summed E-state index contributed by atoms with van der Waals surface area (Å²) >= 11 is 0. The number of nitrogens with one attached hydrogen (secondary N) is 2. The van der Waals surface area contributed by atoms with E-state index in [2.05, 4.69) is 15.0 Å². The second-order valence-electron chi connectivity index (χ2n) is 4.88. The molecule has 112 valence electrons. The fourth-order valence-electron chi connectivity index (χ4n) is 1.89. The van der Waals surface area contributed by atoms with E-state index in [-0.39, 0.29) is 10.9 Å². The van der Waals surface area contributed by atoms with E-state index in [0.717, 1.165) is 11.1 Å². The molecule has 0 aliphatic heterocycles. The van der Waals surface area contributed by atoms with Gasteiger partial charge in [-0.15, -0.1) is 0 Å². The maximum Gasteiger partial charge on any atom is 0.261 e. The van der Waals surface area contributed by atoms with Gasteiger partial charge in [-0.05, 0) is 50.2 Å². The second-order valence-corrected chi connectivity index (χ2v) is 6.56. The second kappa shape index (κ2) is 6.24. The van der Waals surface area contributed by atoms with Crippen LogP contribution in [-0.4, -0.2) is 20.4 Å². The summed E-state index contributed by atoms with van der Waals surface area (Å²) in [5.74, 6) is 0. The van der Waals surface area contributed by atoms with Crippen molar-refractivity contribution in [3.63, 3.8) is 0 Å². The molecule has 1 heterocycles. The largest absolute Gasteiger partial charge is 0.313 e. The van der Waals surface area contributed by atoms with Crippen molar-refractivity contribution in [3.8, 4) is 0 Å².